The van der Waals surface area contributed by atoms with Crippen LogP contribution in [0.15, 0.2) is 42.5 Å². The number of anilines is 3. The summed E-state index contributed by atoms with van der Waals surface area (Å²) in [7, 11) is 1.59. The first kappa shape index (κ1) is 23.1. The molecule has 0 fully saturated rings. The van der Waals surface area contributed by atoms with E-state index in [1.807, 2.05) is 24.3 Å². The van der Waals surface area contributed by atoms with Gasteiger partial charge in [-0.05, 0) is 41.8 Å². The zero-order valence-corrected chi connectivity index (χ0v) is 17.4. The Labute approximate surface area is 183 Å². The molecule has 170 valence electrons. The maximum atomic E-state index is 13.7. The zero-order chi connectivity index (χ0) is 23.1. The zero-order valence-electron chi connectivity index (χ0n) is 17.4. The Morgan fingerprint density at radius 2 is 1.69 bits per heavy atom. The summed E-state index contributed by atoms with van der Waals surface area (Å²) in [6.07, 6.45) is -0.895. The lowest BCUT2D eigenvalue weighted by Crippen LogP contribution is -2.42. The molecule has 0 saturated carbocycles. The lowest BCUT2D eigenvalue weighted by atomic mass is 10.0. The molecule has 0 spiro atoms. The van der Waals surface area contributed by atoms with Gasteiger partial charge in [0.15, 0.2) is 0 Å². The van der Waals surface area contributed by atoms with Crippen LogP contribution in [0.1, 0.15) is 11.1 Å². The molecular weight excluding hydrogens is 420 g/mol. The van der Waals surface area contributed by atoms with Gasteiger partial charge in [-0.1, -0.05) is 12.1 Å². The van der Waals surface area contributed by atoms with Gasteiger partial charge in [0, 0.05) is 19.2 Å². The highest BCUT2D eigenvalue weighted by Crippen LogP contribution is 2.16. The summed E-state index contributed by atoms with van der Waals surface area (Å²) in [6, 6.07) is 9.97. The SMILES string of the molecule is COc1cccc(CNC[C@@H](O)[C@H](Cc2cc(F)cc(F)c2)Nc2nc(N)nc(N)n2)c1. The topological polar surface area (TPSA) is 144 Å². The largest absolute Gasteiger partial charge is 0.497 e. The van der Waals surface area contributed by atoms with E-state index in [4.69, 9.17) is 16.2 Å². The number of aromatic nitrogens is 3. The molecule has 0 amide bonds. The molecule has 9 nitrogen and oxygen atoms in total. The molecule has 0 aliphatic rings. The minimum absolute atomic E-state index is 0.0451. The van der Waals surface area contributed by atoms with Crippen LogP contribution in [0.4, 0.5) is 26.6 Å². The standard InChI is InChI=1S/C21H25F2N7O2/c1-32-16-4-2-3-12(7-16)10-26-11-18(31)17(8-13-5-14(22)9-15(23)6-13)27-21-29-19(24)28-20(25)30-21/h2-7,9,17-18,26,31H,8,10-11H2,1H3,(H5,24,25,27,28,29,30)/t17-,18+/m0/s1. The molecule has 32 heavy (non-hydrogen) atoms. The van der Waals surface area contributed by atoms with Gasteiger partial charge in [0.05, 0.1) is 19.3 Å². The molecule has 0 saturated heterocycles. The average Bonchev–Trinajstić information content (AvgIpc) is 2.72. The van der Waals surface area contributed by atoms with Crippen LogP contribution in [0, 0.1) is 11.6 Å². The van der Waals surface area contributed by atoms with E-state index in [0.29, 0.717) is 12.1 Å². The van der Waals surface area contributed by atoms with E-state index in [-0.39, 0.29) is 30.8 Å². The number of hydrogen-bond donors (Lipinski definition) is 5. The van der Waals surface area contributed by atoms with Crippen molar-refractivity contribution in [1.29, 1.82) is 0 Å². The van der Waals surface area contributed by atoms with E-state index >= 15 is 0 Å². The molecule has 7 N–H and O–H groups in total. The predicted octanol–water partition coefficient (Wildman–Crippen LogP) is 1.50. The monoisotopic (exact) mass is 445 g/mol. The number of benzene rings is 2. The molecule has 2 aromatic carbocycles. The smallest absolute Gasteiger partial charge is 0.229 e. The van der Waals surface area contributed by atoms with Crippen LogP contribution in [0.3, 0.4) is 0 Å². The molecule has 0 aliphatic carbocycles. The second kappa shape index (κ2) is 10.6. The lowest BCUT2D eigenvalue weighted by molar-refractivity contribution is 0.148. The highest BCUT2D eigenvalue weighted by atomic mass is 19.1. The molecule has 11 heteroatoms. The lowest BCUT2D eigenvalue weighted by Gasteiger charge is -2.25. The Bertz CT molecular complexity index is 960. The van der Waals surface area contributed by atoms with Crippen molar-refractivity contribution in [2.45, 2.75) is 25.1 Å². The van der Waals surface area contributed by atoms with E-state index in [0.717, 1.165) is 17.4 Å². The number of halogens is 2. The van der Waals surface area contributed by atoms with Gasteiger partial charge in [-0.2, -0.15) is 15.0 Å². The summed E-state index contributed by atoms with van der Waals surface area (Å²) < 4.78 is 32.5. The molecule has 0 unspecified atom stereocenters. The van der Waals surface area contributed by atoms with E-state index in [9.17, 15) is 13.9 Å². The number of nitrogens with zero attached hydrogens (tertiary/aromatic N) is 3. The van der Waals surface area contributed by atoms with Crippen molar-refractivity contribution in [3.8, 4) is 5.75 Å². The van der Waals surface area contributed by atoms with Crippen LogP contribution < -0.4 is 26.8 Å². The molecule has 0 aliphatic heterocycles. The number of ether oxygens (including phenoxy) is 1. The van der Waals surface area contributed by atoms with Gasteiger partial charge in [-0.15, -0.1) is 0 Å². The number of aliphatic hydroxyl groups is 1. The number of hydrogen-bond acceptors (Lipinski definition) is 9. The van der Waals surface area contributed by atoms with Crippen molar-refractivity contribution in [3.63, 3.8) is 0 Å². The van der Waals surface area contributed by atoms with Crippen molar-refractivity contribution in [1.82, 2.24) is 20.3 Å². The Morgan fingerprint density at radius 3 is 2.34 bits per heavy atom. The predicted molar refractivity (Wildman–Crippen MR) is 117 cm³/mol. The van der Waals surface area contributed by atoms with Gasteiger partial charge >= 0.3 is 0 Å². The normalized spacial score (nSPS) is 12.9. The first-order valence-electron chi connectivity index (χ1n) is 9.82. The minimum Gasteiger partial charge on any atom is -0.497 e. The second-order valence-electron chi connectivity index (χ2n) is 7.16. The van der Waals surface area contributed by atoms with Gasteiger partial charge in [-0.25, -0.2) is 8.78 Å². The van der Waals surface area contributed by atoms with Gasteiger partial charge < -0.3 is 31.9 Å². The third-order valence-corrected chi connectivity index (χ3v) is 4.64. The summed E-state index contributed by atoms with van der Waals surface area (Å²) in [4.78, 5) is 11.6. The van der Waals surface area contributed by atoms with Crippen LogP contribution in [0.5, 0.6) is 5.75 Å². The van der Waals surface area contributed by atoms with Crippen molar-refractivity contribution in [3.05, 3.63) is 65.2 Å². The molecule has 3 rings (SSSR count). The summed E-state index contributed by atoms with van der Waals surface area (Å²) >= 11 is 0. The van der Waals surface area contributed by atoms with Crippen molar-refractivity contribution in [2.24, 2.45) is 0 Å². The third-order valence-electron chi connectivity index (χ3n) is 4.64. The highest BCUT2D eigenvalue weighted by molar-refractivity contribution is 5.38. The number of nitrogen functional groups attached to an aromatic ring is 2. The minimum atomic E-state index is -0.980. The number of methoxy groups -OCH3 is 1. The third kappa shape index (κ3) is 6.72. The van der Waals surface area contributed by atoms with Crippen molar-refractivity contribution >= 4 is 17.8 Å². The van der Waals surface area contributed by atoms with Crippen LogP contribution in [-0.2, 0) is 13.0 Å². The Morgan fingerprint density at radius 1 is 1.00 bits per heavy atom. The maximum Gasteiger partial charge on any atom is 0.229 e. The van der Waals surface area contributed by atoms with Gasteiger partial charge in [0.1, 0.15) is 17.4 Å². The van der Waals surface area contributed by atoms with Gasteiger partial charge in [0.2, 0.25) is 17.8 Å². The highest BCUT2D eigenvalue weighted by Gasteiger charge is 2.22. The summed E-state index contributed by atoms with van der Waals surface area (Å²) in [6.45, 7) is 0.643. The summed E-state index contributed by atoms with van der Waals surface area (Å²) in [5, 5.41) is 16.9. The number of aliphatic hydroxyl groups excluding tert-OH is 1. The maximum absolute atomic E-state index is 13.7. The summed E-state index contributed by atoms with van der Waals surface area (Å²) in [5.41, 5.74) is 12.5. The Hall–Kier alpha value is -3.57. The number of nitrogens with two attached hydrogens (primary N) is 2. The average molecular weight is 445 g/mol. The molecule has 0 bridgehead atoms. The molecule has 3 aromatic rings. The molecule has 1 heterocycles. The molecule has 2 atom stereocenters. The van der Waals surface area contributed by atoms with Gasteiger partial charge in [-0.3, -0.25) is 0 Å². The van der Waals surface area contributed by atoms with Crippen molar-refractivity contribution < 1.29 is 18.6 Å². The molecule has 0 radical (unpaired) electrons. The van der Waals surface area contributed by atoms with Crippen LogP contribution >= 0.6 is 0 Å². The molecular formula is C21H25F2N7O2. The Balaban J connectivity index is 1.72. The van der Waals surface area contributed by atoms with E-state index in [2.05, 4.69) is 25.6 Å². The van der Waals surface area contributed by atoms with Crippen LogP contribution in [-0.4, -0.2) is 45.9 Å². The van der Waals surface area contributed by atoms with E-state index in [1.54, 1.807) is 7.11 Å². The fourth-order valence-corrected chi connectivity index (χ4v) is 3.19. The second-order valence-corrected chi connectivity index (χ2v) is 7.16. The number of nitrogens with one attached hydrogen (secondary N) is 2. The van der Waals surface area contributed by atoms with Crippen LogP contribution in [0.2, 0.25) is 0 Å². The quantitative estimate of drug-likeness (QED) is 0.313. The first-order valence-corrected chi connectivity index (χ1v) is 9.82. The first-order chi connectivity index (χ1) is 15.3. The number of rotatable bonds is 10. The summed E-state index contributed by atoms with van der Waals surface area (Å²) in [5.74, 6) is -0.843. The van der Waals surface area contributed by atoms with Crippen molar-refractivity contribution in [2.75, 3.05) is 30.4 Å². The van der Waals surface area contributed by atoms with Gasteiger partial charge in [0.25, 0.3) is 0 Å². The molecule has 1 aromatic heterocycles. The fraction of sp³-hybridized carbons (Fsp3) is 0.286. The van der Waals surface area contributed by atoms with Crippen LogP contribution in [0.25, 0.3) is 0 Å². The van der Waals surface area contributed by atoms with E-state index in [1.165, 1.54) is 12.1 Å². The Kier molecular flexibility index (Phi) is 7.68. The fourth-order valence-electron chi connectivity index (χ4n) is 3.19. The van der Waals surface area contributed by atoms with E-state index < -0.39 is 23.8 Å².